The Morgan fingerprint density at radius 2 is 1.89 bits per heavy atom. The third-order valence-electron chi connectivity index (χ3n) is 4.39. The van der Waals surface area contributed by atoms with Gasteiger partial charge < -0.3 is 4.98 Å². The summed E-state index contributed by atoms with van der Waals surface area (Å²) in [7, 11) is 0. The predicted octanol–water partition coefficient (Wildman–Crippen LogP) is 5.39. The molecule has 4 rings (SSSR count). The fourth-order valence-electron chi connectivity index (χ4n) is 3.08. The second kappa shape index (κ2) is 7.32. The average Bonchev–Trinajstić information content (AvgIpc) is 3.25. The van der Waals surface area contributed by atoms with Crippen LogP contribution in [0.25, 0.3) is 22.3 Å². The van der Waals surface area contributed by atoms with Crippen LogP contribution in [0.2, 0.25) is 0 Å². The van der Waals surface area contributed by atoms with Crippen LogP contribution in [0.15, 0.2) is 58.2 Å². The minimum absolute atomic E-state index is 0.0715. The molecule has 0 aliphatic carbocycles. The van der Waals surface area contributed by atoms with Gasteiger partial charge in [-0.25, -0.2) is 4.98 Å². The van der Waals surface area contributed by atoms with E-state index in [0.717, 1.165) is 32.2 Å². The molecule has 0 amide bonds. The van der Waals surface area contributed by atoms with Crippen molar-refractivity contribution in [2.24, 2.45) is 0 Å². The standard InChI is InChI=1S/C20H17BrN4OS/c1-11-17(14-8-4-6-10-16(14)22-11)18(26)12(2)27-20-23-19(24-25-20)13-7-3-5-9-15(13)21/h3-10,12,22H,1-2H3,(H,23,24,25)/t12-/m1/s1. The number of ketones is 1. The molecular weight excluding hydrogens is 424 g/mol. The Hall–Kier alpha value is -2.38. The Bertz CT molecular complexity index is 1130. The Labute approximate surface area is 169 Å². The van der Waals surface area contributed by atoms with Crippen LogP contribution in [0, 0.1) is 6.92 Å². The largest absolute Gasteiger partial charge is 0.358 e. The smallest absolute Gasteiger partial charge is 0.209 e. The molecule has 27 heavy (non-hydrogen) atoms. The van der Waals surface area contributed by atoms with Crippen LogP contribution in [0.1, 0.15) is 23.0 Å². The molecule has 7 heteroatoms. The van der Waals surface area contributed by atoms with Crippen molar-refractivity contribution in [1.82, 2.24) is 20.2 Å². The third kappa shape index (κ3) is 3.44. The summed E-state index contributed by atoms with van der Waals surface area (Å²) in [5.74, 6) is 0.745. The van der Waals surface area contributed by atoms with Crippen LogP contribution in [-0.2, 0) is 0 Å². The summed E-state index contributed by atoms with van der Waals surface area (Å²) in [5.41, 5.74) is 3.54. The van der Waals surface area contributed by atoms with Crippen molar-refractivity contribution in [2.45, 2.75) is 24.3 Å². The molecule has 2 heterocycles. The summed E-state index contributed by atoms with van der Waals surface area (Å²) in [4.78, 5) is 20.9. The van der Waals surface area contributed by atoms with Gasteiger partial charge in [-0.3, -0.25) is 9.89 Å². The fourth-order valence-corrected chi connectivity index (χ4v) is 4.34. The first-order chi connectivity index (χ1) is 13.0. The van der Waals surface area contributed by atoms with Crippen LogP contribution in [0.3, 0.4) is 0 Å². The maximum Gasteiger partial charge on any atom is 0.209 e. The monoisotopic (exact) mass is 440 g/mol. The maximum absolute atomic E-state index is 13.1. The molecule has 0 radical (unpaired) electrons. The molecule has 0 saturated heterocycles. The van der Waals surface area contributed by atoms with Gasteiger partial charge in [-0.15, -0.1) is 5.10 Å². The highest BCUT2D eigenvalue weighted by molar-refractivity contribution is 9.10. The molecule has 1 atom stereocenters. The average molecular weight is 441 g/mol. The number of H-pyrrole nitrogens is 2. The molecule has 5 nitrogen and oxygen atoms in total. The van der Waals surface area contributed by atoms with Crippen molar-refractivity contribution in [2.75, 3.05) is 0 Å². The van der Waals surface area contributed by atoms with Crippen molar-refractivity contribution in [3.8, 4) is 11.4 Å². The molecular formula is C20H17BrN4OS. The molecule has 0 aliphatic rings. The molecule has 0 saturated carbocycles. The molecule has 0 aliphatic heterocycles. The number of carbonyl (C=O) groups excluding carboxylic acids is 1. The van der Waals surface area contributed by atoms with Crippen LogP contribution >= 0.6 is 27.7 Å². The molecule has 2 aromatic carbocycles. The zero-order valence-corrected chi connectivity index (χ0v) is 17.2. The number of rotatable bonds is 5. The molecule has 136 valence electrons. The van der Waals surface area contributed by atoms with Gasteiger partial charge in [0.15, 0.2) is 11.6 Å². The zero-order chi connectivity index (χ0) is 19.0. The summed E-state index contributed by atoms with van der Waals surface area (Å²) in [6, 6.07) is 15.7. The number of benzene rings is 2. The van der Waals surface area contributed by atoms with E-state index in [9.17, 15) is 4.79 Å². The number of fused-ring (bicyclic) bond motifs is 1. The first-order valence-electron chi connectivity index (χ1n) is 8.50. The number of hydrogen-bond acceptors (Lipinski definition) is 4. The van der Waals surface area contributed by atoms with E-state index in [0.29, 0.717) is 11.0 Å². The number of aryl methyl sites for hydroxylation is 1. The molecule has 0 unspecified atom stereocenters. The van der Waals surface area contributed by atoms with Gasteiger partial charge in [-0.2, -0.15) is 0 Å². The van der Waals surface area contributed by atoms with E-state index >= 15 is 0 Å². The van der Waals surface area contributed by atoms with Crippen molar-refractivity contribution in [1.29, 1.82) is 0 Å². The Balaban J connectivity index is 1.57. The number of aromatic amines is 2. The van der Waals surface area contributed by atoms with Crippen LogP contribution in [0.5, 0.6) is 0 Å². The van der Waals surface area contributed by atoms with Crippen molar-refractivity contribution in [3.63, 3.8) is 0 Å². The van der Waals surface area contributed by atoms with Gasteiger partial charge >= 0.3 is 0 Å². The first-order valence-corrected chi connectivity index (χ1v) is 10.2. The predicted molar refractivity (Wildman–Crippen MR) is 112 cm³/mol. The lowest BCUT2D eigenvalue weighted by atomic mass is 10.1. The summed E-state index contributed by atoms with van der Waals surface area (Å²) in [6.45, 7) is 3.82. The number of para-hydroxylation sites is 1. The second-order valence-corrected chi connectivity index (χ2v) is 8.40. The lowest BCUT2D eigenvalue weighted by molar-refractivity contribution is 0.0995. The molecule has 0 fully saturated rings. The van der Waals surface area contributed by atoms with Crippen LogP contribution in [0.4, 0.5) is 0 Å². The highest BCUT2D eigenvalue weighted by atomic mass is 79.9. The van der Waals surface area contributed by atoms with E-state index in [-0.39, 0.29) is 11.0 Å². The van der Waals surface area contributed by atoms with Gasteiger partial charge in [0.05, 0.1) is 5.25 Å². The number of nitrogens with zero attached hydrogens (tertiary/aromatic N) is 2. The van der Waals surface area contributed by atoms with Gasteiger partial charge in [0.2, 0.25) is 5.16 Å². The molecule has 2 N–H and O–H groups in total. The lowest BCUT2D eigenvalue weighted by Gasteiger charge is -2.08. The van der Waals surface area contributed by atoms with Crippen LogP contribution < -0.4 is 0 Å². The number of hydrogen-bond donors (Lipinski definition) is 2. The minimum Gasteiger partial charge on any atom is -0.358 e. The fraction of sp³-hybridized carbons (Fsp3) is 0.150. The van der Waals surface area contributed by atoms with Gasteiger partial charge in [0.1, 0.15) is 0 Å². The quantitative estimate of drug-likeness (QED) is 0.322. The van der Waals surface area contributed by atoms with Crippen molar-refractivity contribution >= 4 is 44.4 Å². The zero-order valence-electron chi connectivity index (χ0n) is 14.8. The van der Waals surface area contributed by atoms with Crippen molar-refractivity contribution in [3.05, 3.63) is 64.3 Å². The van der Waals surface area contributed by atoms with E-state index in [1.807, 2.05) is 62.4 Å². The van der Waals surface area contributed by atoms with Gasteiger partial charge in [0, 0.05) is 32.2 Å². The topological polar surface area (TPSA) is 74.4 Å². The van der Waals surface area contributed by atoms with Crippen LogP contribution in [-0.4, -0.2) is 31.2 Å². The van der Waals surface area contributed by atoms with E-state index in [4.69, 9.17) is 0 Å². The third-order valence-corrected chi connectivity index (χ3v) is 6.04. The maximum atomic E-state index is 13.1. The summed E-state index contributed by atoms with van der Waals surface area (Å²) in [6.07, 6.45) is 0. The Kier molecular flexibility index (Phi) is 4.88. The van der Waals surface area contributed by atoms with Gasteiger partial charge in [0.25, 0.3) is 0 Å². The summed E-state index contributed by atoms with van der Waals surface area (Å²) in [5, 5.41) is 8.43. The Morgan fingerprint density at radius 1 is 1.15 bits per heavy atom. The molecule has 4 aromatic rings. The van der Waals surface area contributed by atoms with Gasteiger partial charge in [-0.05, 0) is 26.0 Å². The number of aromatic nitrogens is 4. The second-order valence-electron chi connectivity index (χ2n) is 6.24. The van der Waals surface area contributed by atoms with E-state index in [1.54, 1.807) is 0 Å². The highest BCUT2D eigenvalue weighted by Crippen LogP contribution is 2.30. The van der Waals surface area contributed by atoms with E-state index < -0.39 is 0 Å². The highest BCUT2D eigenvalue weighted by Gasteiger charge is 2.23. The molecule has 0 spiro atoms. The molecule has 0 bridgehead atoms. The number of Topliss-reactive ketones (excluding diaryl/α,β-unsaturated/α-hetero) is 1. The summed E-state index contributed by atoms with van der Waals surface area (Å²) >= 11 is 4.88. The minimum atomic E-state index is -0.300. The van der Waals surface area contributed by atoms with E-state index in [2.05, 4.69) is 36.1 Å². The SMILES string of the molecule is Cc1[nH]c2ccccc2c1C(=O)[C@@H](C)Sc1n[nH]c(-c2ccccc2Br)n1. The number of halogens is 1. The normalized spacial score (nSPS) is 12.4. The van der Waals surface area contributed by atoms with Gasteiger partial charge in [-0.1, -0.05) is 64.1 Å². The Morgan fingerprint density at radius 3 is 2.70 bits per heavy atom. The summed E-state index contributed by atoms with van der Waals surface area (Å²) < 4.78 is 0.941. The number of carbonyl (C=O) groups is 1. The number of nitrogens with one attached hydrogen (secondary N) is 2. The lowest BCUT2D eigenvalue weighted by Crippen LogP contribution is -2.14. The van der Waals surface area contributed by atoms with E-state index in [1.165, 1.54) is 11.8 Å². The van der Waals surface area contributed by atoms with Crippen molar-refractivity contribution < 1.29 is 4.79 Å². The molecule has 2 aromatic heterocycles. The first kappa shape index (κ1) is 18.0. The number of thioether (sulfide) groups is 1.